The van der Waals surface area contributed by atoms with Gasteiger partial charge >= 0.3 is 0 Å². The van der Waals surface area contributed by atoms with Gasteiger partial charge in [-0.15, -0.1) is 0 Å². The second kappa shape index (κ2) is 8.29. The number of amides is 1. The number of carbonyl (C=O) groups is 1. The van der Waals surface area contributed by atoms with E-state index in [9.17, 15) is 4.79 Å². The molecule has 0 aromatic carbocycles. The number of hydrogen-bond donors (Lipinski definition) is 0. The molecule has 0 N–H and O–H groups in total. The van der Waals surface area contributed by atoms with Crippen LogP contribution in [-0.4, -0.2) is 88.9 Å². The number of rotatable bonds is 5. The Bertz CT molecular complexity index is 574. The van der Waals surface area contributed by atoms with Crippen molar-refractivity contribution in [2.24, 2.45) is 7.05 Å². The summed E-state index contributed by atoms with van der Waals surface area (Å²) in [6.45, 7) is 11.8. The maximum Gasteiger partial charge on any atom is 0.239 e. The topological polar surface area (TPSA) is 53.8 Å². The average Bonchev–Trinajstić information content (AvgIpc) is 3.01. The summed E-state index contributed by atoms with van der Waals surface area (Å²) in [5, 5.41) is 4.53. The minimum Gasteiger partial charge on any atom is -0.378 e. The summed E-state index contributed by atoms with van der Waals surface area (Å²) in [6.07, 6.45) is 3.11. The molecule has 3 rings (SSSR count). The van der Waals surface area contributed by atoms with E-state index in [0.29, 0.717) is 13.2 Å². The number of morpholine rings is 1. The molecule has 140 valence electrons. The molecule has 1 atom stereocenters. The molecule has 2 aliphatic heterocycles. The van der Waals surface area contributed by atoms with E-state index >= 15 is 0 Å². The van der Waals surface area contributed by atoms with Gasteiger partial charge in [0.2, 0.25) is 5.91 Å². The van der Waals surface area contributed by atoms with Crippen LogP contribution >= 0.6 is 0 Å². The monoisotopic (exact) mass is 349 g/mol. The average molecular weight is 349 g/mol. The summed E-state index contributed by atoms with van der Waals surface area (Å²) >= 11 is 0. The van der Waals surface area contributed by atoms with E-state index in [1.165, 1.54) is 11.3 Å². The quantitative estimate of drug-likeness (QED) is 0.768. The highest BCUT2D eigenvalue weighted by atomic mass is 16.5. The molecule has 0 unspecified atom stereocenters. The number of piperazine rings is 1. The van der Waals surface area contributed by atoms with E-state index in [1.807, 2.05) is 23.6 Å². The van der Waals surface area contributed by atoms with Gasteiger partial charge in [0.15, 0.2) is 0 Å². The molecule has 1 aromatic rings. The van der Waals surface area contributed by atoms with Gasteiger partial charge in [-0.1, -0.05) is 6.92 Å². The highest BCUT2D eigenvalue weighted by Gasteiger charge is 2.29. The van der Waals surface area contributed by atoms with Gasteiger partial charge in [-0.05, 0) is 13.3 Å². The highest BCUT2D eigenvalue weighted by Crippen LogP contribution is 2.15. The molecule has 2 aliphatic rings. The van der Waals surface area contributed by atoms with Crippen molar-refractivity contribution in [2.75, 3.05) is 52.5 Å². The zero-order valence-corrected chi connectivity index (χ0v) is 15.8. The molecule has 2 fully saturated rings. The zero-order valence-electron chi connectivity index (χ0n) is 15.8. The number of ether oxygens (including phenoxy) is 1. The second-order valence-corrected chi connectivity index (χ2v) is 7.05. The third-order valence-electron chi connectivity index (χ3n) is 5.36. The van der Waals surface area contributed by atoms with Gasteiger partial charge in [0.1, 0.15) is 0 Å². The smallest absolute Gasteiger partial charge is 0.239 e. The molecular weight excluding hydrogens is 318 g/mol. The number of carbonyl (C=O) groups excluding carboxylic acids is 1. The summed E-state index contributed by atoms with van der Waals surface area (Å²) < 4.78 is 7.26. The predicted molar refractivity (Wildman–Crippen MR) is 96.3 cm³/mol. The maximum absolute atomic E-state index is 12.7. The molecule has 1 amide bonds. The van der Waals surface area contributed by atoms with E-state index in [0.717, 1.165) is 52.2 Å². The van der Waals surface area contributed by atoms with Gasteiger partial charge in [0.25, 0.3) is 0 Å². The van der Waals surface area contributed by atoms with Crippen LogP contribution in [0.25, 0.3) is 0 Å². The van der Waals surface area contributed by atoms with Crippen LogP contribution in [0.5, 0.6) is 0 Å². The SMILES string of the molecule is CCc1nn(C)cc1CN1CCN([C@@H](C)C(=O)N2CCOCC2)CC1. The van der Waals surface area contributed by atoms with Gasteiger partial charge in [0, 0.05) is 64.6 Å². The van der Waals surface area contributed by atoms with Crippen LogP contribution in [0.4, 0.5) is 0 Å². The Kier molecular flexibility index (Phi) is 6.09. The van der Waals surface area contributed by atoms with Gasteiger partial charge in [-0.25, -0.2) is 0 Å². The van der Waals surface area contributed by atoms with Crippen molar-refractivity contribution < 1.29 is 9.53 Å². The van der Waals surface area contributed by atoms with Gasteiger partial charge in [-0.2, -0.15) is 5.10 Å². The summed E-state index contributed by atoms with van der Waals surface area (Å²) in [5.41, 5.74) is 2.52. The first-order chi connectivity index (χ1) is 12.1. The van der Waals surface area contributed by atoms with Crippen LogP contribution < -0.4 is 0 Å². The molecule has 0 bridgehead atoms. The Balaban J connectivity index is 1.50. The van der Waals surface area contributed by atoms with Crippen molar-refractivity contribution in [2.45, 2.75) is 32.9 Å². The first-order valence-electron chi connectivity index (χ1n) is 9.42. The molecular formula is C18H31N5O2. The molecule has 0 spiro atoms. The van der Waals surface area contributed by atoms with E-state index in [4.69, 9.17) is 4.74 Å². The van der Waals surface area contributed by atoms with Crippen molar-refractivity contribution in [3.63, 3.8) is 0 Å². The zero-order chi connectivity index (χ0) is 17.8. The highest BCUT2D eigenvalue weighted by molar-refractivity contribution is 5.81. The molecule has 25 heavy (non-hydrogen) atoms. The molecule has 0 aliphatic carbocycles. The van der Waals surface area contributed by atoms with Gasteiger partial charge in [0.05, 0.1) is 24.9 Å². The van der Waals surface area contributed by atoms with E-state index in [-0.39, 0.29) is 11.9 Å². The maximum atomic E-state index is 12.7. The van der Waals surface area contributed by atoms with Crippen molar-refractivity contribution in [3.8, 4) is 0 Å². The third kappa shape index (κ3) is 4.40. The second-order valence-electron chi connectivity index (χ2n) is 7.05. The largest absolute Gasteiger partial charge is 0.378 e. The Labute approximate surface area is 150 Å². The molecule has 0 saturated carbocycles. The van der Waals surface area contributed by atoms with Crippen LogP contribution in [0.2, 0.25) is 0 Å². The fourth-order valence-corrected chi connectivity index (χ4v) is 3.77. The van der Waals surface area contributed by atoms with Crippen LogP contribution in [0.3, 0.4) is 0 Å². The summed E-state index contributed by atoms with van der Waals surface area (Å²) in [7, 11) is 1.99. The van der Waals surface area contributed by atoms with Crippen molar-refractivity contribution in [3.05, 3.63) is 17.5 Å². The first-order valence-corrected chi connectivity index (χ1v) is 9.42. The number of aryl methyl sites for hydroxylation is 2. The fraction of sp³-hybridized carbons (Fsp3) is 0.778. The lowest BCUT2D eigenvalue weighted by Gasteiger charge is -2.39. The molecule has 0 radical (unpaired) electrons. The van der Waals surface area contributed by atoms with Crippen LogP contribution in [0, 0.1) is 0 Å². The van der Waals surface area contributed by atoms with Crippen molar-refractivity contribution >= 4 is 5.91 Å². The van der Waals surface area contributed by atoms with Crippen LogP contribution in [-0.2, 0) is 29.5 Å². The minimum atomic E-state index is -0.0372. The first kappa shape index (κ1) is 18.4. The lowest BCUT2D eigenvalue weighted by atomic mass is 10.1. The Hall–Kier alpha value is -1.44. The standard InChI is InChI=1S/C18H31N5O2/c1-4-17-16(13-20(3)19-17)14-21-5-7-22(8-6-21)15(2)18(24)23-9-11-25-12-10-23/h13,15H,4-12,14H2,1-3H3/t15-/m0/s1. The lowest BCUT2D eigenvalue weighted by Crippen LogP contribution is -2.55. The summed E-state index contributed by atoms with van der Waals surface area (Å²) in [6, 6.07) is -0.0372. The van der Waals surface area contributed by atoms with E-state index in [2.05, 4.69) is 28.0 Å². The van der Waals surface area contributed by atoms with Gasteiger partial charge in [-0.3, -0.25) is 19.3 Å². The molecule has 1 aromatic heterocycles. The van der Waals surface area contributed by atoms with Crippen LogP contribution in [0.15, 0.2) is 6.20 Å². The fourth-order valence-electron chi connectivity index (χ4n) is 3.77. The number of nitrogens with zero attached hydrogens (tertiary/aromatic N) is 5. The molecule has 7 heteroatoms. The predicted octanol–water partition coefficient (Wildman–Crippen LogP) is 0.347. The summed E-state index contributed by atoms with van der Waals surface area (Å²) in [4.78, 5) is 19.4. The minimum absolute atomic E-state index is 0.0372. The molecule has 2 saturated heterocycles. The summed E-state index contributed by atoms with van der Waals surface area (Å²) in [5.74, 6) is 0.247. The van der Waals surface area contributed by atoms with E-state index in [1.54, 1.807) is 0 Å². The lowest BCUT2D eigenvalue weighted by molar-refractivity contribution is -0.141. The normalized spacial score (nSPS) is 21.5. The Morgan fingerprint density at radius 3 is 2.52 bits per heavy atom. The molecule has 3 heterocycles. The van der Waals surface area contributed by atoms with Crippen LogP contribution in [0.1, 0.15) is 25.1 Å². The van der Waals surface area contributed by atoms with Crippen molar-refractivity contribution in [1.82, 2.24) is 24.5 Å². The number of aromatic nitrogens is 2. The molecule has 7 nitrogen and oxygen atoms in total. The van der Waals surface area contributed by atoms with Crippen molar-refractivity contribution in [1.29, 1.82) is 0 Å². The number of hydrogen-bond acceptors (Lipinski definition) is 5. The Morgan fingerprint density at radius 1 is 1.20 bits per heavy atom. The Morgan fingerprint density at radius 2 is 1.88 bits per heavy atom. The van der Waals surface area contributed by atoms with Gasteiger partial charge < -0.3 is 9.64 Å². The van der Waals surface area contributed by atoms with E-state index < -0.39 is 0 Å². The third-order valence-corrected chi connectivity index (χ3v) is 5.36.